The summed E-state index contributed by atoms with van der Waals surface area (Å²) in [5.74, 6) is -0.439. The molecule has 7 nitrogen and oxygen atoms in total. The minimum atomic E-state index is -3.62. The summed E-state index contributed by atoms with van der Waals surface area (Å²) >= 11 is 0. The molecular weight excluding hydrogens is 330 g/mol. The second-order valence-electron chi connectivity index (χ2n) is 5.58. The molecule has 0 fully saturated rings. The molecule has 0 heterocycles. The normalized spacial score (nSPS) is 11.0. The van der Waals surface area contributed by atoms with E-state index in [0.29, 0.717) is 24.3 Å². The molecule has 24 heavy (non-hydrogen) atoms. The van der Waals surface area contributed by atoms with Crippen LogP contribution in [-0.2, 0) is 14.8 Å². The molecule has 8 heteroatoms. The Balaban J connectivity index is 3.10. The van der Waals surface area contributed by atoms with Gasteiger partial charge in [0.25, 0.3) is 5.91 Å². The largest absolute Gasteiger partial charge is 0.345 e. The van der Waals surface area contributed by atoms with Gasteiger partial charge in [-0.2, -0.15) is 0 Å². The van der Waals surface area contributed by atoms with Crippen LogP contribution in [0.25, 0.3) is 0 Å². The van der Waals surface area contributed by atoms with Crippen LogP contribution in [0.5, 0.6) is 0 Å². The predicted octanol–water partition coefficient (Wildman–Crippen LogP) is 1.02. The molecule has 0 saturated carbocycles. The van der Waals surface area contributed by atoms with E-state index in [2.05, 4.69) is 0 Å². The third-order valence-corrected chi connectivity index (χ3v) is 4.74. The van der Waals surface area contributed by atoms with Gasteiger partial charge in [0.05, 0.1) is 11.9 Å². The molecular formula is C16H25N3O4S. The first kappa shape index (κ1) is 20.0. The molecule has 0 radical (unpaired) electrons. The van der Waals surface area contributed by atoms with Gasteiger partial charge in [-0.1, -0.05) is 0 Å². The number of rotatable bonds is 7. The van der Waals surface area contributed by atoms with Crippen molar-refractivity contribution in [2.24, 2.45) is 0 Å². The van der Waals surface area contributed by atoms with Crippen LogP contribution in [0.2, 0.25) is 0 Å². The standard InChI is InChI=1S/C16H25N3O4S/c1-6-18(7-2)15(20)12-19(24(5,22)23)14-10-8-13(9-11-14)16(21)17(3)4/h8-11H,6-7,12H2,1-5H3. The maximum absolute atomic E-state index is 12.3. The van der Waals surface area contributed by atoms with Crippen LogP contribution < -0.4 is 4.31 Å². The van der Waals surface area contributed by atoms with E-state index in [1.165, 1.54) is 17.0 Å². The van der Waals surface area contributed by atoms with Crippen LogP contribution in [0.1, 0.15) is 24.2 Å². The van der Waals surface area contributed by atoms with Crippen molar-refractivity contribution in [1.29, 1.82) is 0 Å². The molecule has 0 bridgehead atoms. The lowest BCUT2D eigenvalue weighted by molar-refractivity contribution is -0.129. The highest BCUT2D eigenvalue weighted by Crippen LogP contribution is 2.19. The van der Waals surface area contributed by atoms with Gasteiger partial charge >= 0.3 is 0 Å². The molecule has 0 unspecified atom stereocenters. The number of amides is 2. The summed E-state index contributed by atoms with van der Waals surface area (Å²) in [7, 11) is -0.341. The Hall–Kier alpha value is -2.09. The Morgan fingerprint density at radius 3 is 1.88 bits per heavy atom. The Morgan fingerprint density at radius 1 is 1.00 bits per heavy atom. The number of carbonyl (C=O) groups excluding carboxylic acids is 2. The average Bonchev–Trinajstić information content (AvgIpc) is 2.52. The third kappa shape index (κ3) is 4.95. The van der Waals surface area contributed by atoms with Gasteiger partial charge in [-0.3, -0.25) is 13.9 Å². The highest BCUT2D eigenvalue weighted by molar-refractivity contribution is 7.92. The van der Waals surface area contributed by atoms with Gasteiger partial charge in [0.2, 0.25) is 15.9 Å². The third-order valence-electron chi connectivity index (χ3n) is 3.60. The number of hydrogen-bond donors (Lipinski definition) is 0. The van der Waals surface area contributed by atoms with Gasteiger partial charge in [-0.05, 0) is 38.1 Å². The second kappa shape index (κ2) is 8.14. The summed E-state index contributed by atoms with van der Waals surface area (Å²) in [6.07, 6.45) is 1.06. The maximum Gasteiger partial charge on any atom is 0.253 e. The number of carbonyl (C=O) groups is 2. The molecule has 0 aromatic heterocycles. The molecule has 0 N–H and O–H groups in total. The van der Waals surface area contributed by atoms with E-state index >= 15 is 0 Å². The number of anilines is 1. The number of sulfonamides is 1. The van der Waals surface area contributed by atoms with E-state index in [-0.39, 0.29) is 18.4 Å². The zero-order valence-corrected chi connectivity index (χ0v) is 15.6. The van der Waals surface area contributed by atoms with Gasteiger partial charge in [0.1, 0.15) is 6.54 Å². The lowest BCUT2D eigenvalue weighted by atomic mass is 10.2. The molecule has 0 aliphatic carbocycles. The number of likely N-dealkylation sites (N-methyl/N-ethyl adjacent to an activating group) is 1. The van der Waals surface area contributed by atoms with Crippen molar-refractivity contribution in [3.05, 3.63) is 29.8 Å². The van der Waals surface area contributed by atoms with Crippen molar-refractivity contribution in [2.75, 3.05) is 44.3 Å². The first-order valence-corrected chi connectivity index (χ1v) is 9.53. The van der Waals surface area contributed by atoms with Crippen LogP contribution in [0.3, 0.4) is 0 Å². The monoisotopic (exact) mass is 355 g/mol. The van der Waals surface area contributed by atoms with Crippen molar-refractivity contribution in [2.45, 2.75) is 13.8 Å². The second-order valence-corrected chi connectivity index (χ2v) is 7.49. The van der Waals surface area contributed by atoms with Crippen molar-refractivity contribution >= 4 is 27.5 Å². The molecule has 0 spiro atoms. The summed E-state index contributed by atoms with van der Waals surface area (Å²) in [5.41, 5.74) is 0.806. The summed E-state index contributed by atoms with van der Waals surface area (Å²) in [5, 5.41) is 0. The Kier molecular flexibility index (Phi) is 6.77. The SMILES string of the molecule is CCN(CC)C(=O)CN(c1ccc(C(=O)N(C)C)cc1)S(C)(=O)=O. The summed E-state index contributed by atoms with van der Waals surface area (Å²) in [4.78, 5) is 27.2. The fourth-order valence-corrected chi connectivity index (χ4v) is 3.08. The Labute approximate surface area is 143 Å². The van der Waals surface area contributed by atoms with Crippen LogP contribution in [0.15, 0.2) is 24.3 Å². The minimum absolute atomic E-state index is 0.174. The number of nitrogens with zero attached hydrogens (tertiary/aromatic N) is 3. The Bertz CT molecular complexity index is 680. The van der Waals surface area contributed by atoms with E-state index in [9.17, 15) is 18.0 Å². The van der Waals surface area contributed by atoms with E-state index in [1.54, 1.807) is 31.1 Å². The van der Waals surface area contributed by atoms with Gasteiger partial charge in [-0.25, -0.2) is 8.42 Å². The number of hydrogen-bond acceptors (Lipinski definition) is 4. The predicted molar refractivity (Wildman–Crippen MR) is 94.6 cm³/mol. The van der Waals surface area contributed by atoms with E-state index in [1.807, 2.05) is 13.8 Å². The van der Waals surface area contributed by atoms with Crippen LogP contribution in [-0.4, -0.2) is 70.0 Å². The van der Waals surface area contributed by atoms with Crippen molar-refractivity contribution in [3.63, 3.8) is 0 Å². The van der Waals surface area contributed by atoms with Crippen LogP contribution in [0, 0.1) is 0 Å². The lowest BCUT2D eigenvalue weighted by Crippen LogP contribution is -2.42. The van der Waals surface area contributed by atoms with Gasteiger partial charge < -0.3 is 9.80 Å². The quantitative estimate of drug-likeness (QED) is 0.732. The molecule has 2 amide bonds. The van der Waals surface area contributed by atoms with Gasteiger partial charge in [-0.15, -0.1) is 0 Å². The fourth-order valence-electron chi connectivity index (χ4n) is 2.23. The van der Waals surface area contributed by atoms with E-state index in [0.717, 1.165) is 10.6 Å². The molecule has 134 valence electrons. The maximum atomic E-state index is 12.3. The van der Waals surface area contributed by atoms with Crippen molar-refractivity contribution in [1.82, 2.24) is 9.80 Å². The summed E-state index contributed by atoms with van der Waals surface area (Å²) in [6.45, 7) is 4.45. The first-order chi connectivity index (χ1) is 11.1. The van der Waals surface area contributed by atoms with Gasteiger partial charge in [0.15, 0.2) is 0 Å². The molecule has 0 atom stereocenters. The topological polar surface area (TPSA) is 78.0 Å². The lowest BCUT2D eigenvalue weighted by Gasteiger charge is -2.26. The zero-order valence-electron chi connectivity index (χ0n) is 14.8. The highest BCUT2D eigenvalue weighted by Gasteiger charge is 2.23. The molecule has 1 rings (SSSR count). The van der Waals surface area contributed by atoms with Gasteiger partial charge in [0, 0.05) is 32.7 Å². The van der Waals surface area contributed by atoms with Crippen LogP contribution in [0.4, 0.5) is 5.69 Å². The average molecular weight is 355 g/mol. The molecule has 1 aromatic carbocycles. The Morgan fingerprint density at radius 2 is 1.50 bits per heavy atom. The number of benzene rings is 1. The van der Waals surface area contributed by atoms with E-state index < -0.39 is 10.0 Å². The molecule has 0 aliphatic rings. The molecule has 1 aromatic rings. The van der Waals surface area contributed by atoms with E-state index in [4.69, 9.17) is 0 Å². The van der Waals surface area contributed by atoms with Crippen molar-refractivity contribution in [3.8, 4) is 0 Å². The first-order valence-electron chi connectivity index (χ1n) is 7.69. The summed E-state index contributed by atoms with van der Waals surface area (Å²) < 4.78 is 25.2. The van der Waals surface area contributed by atoms with Crippen molar-refractivity contribution < 1.29 is 18.0 Å². The minimum Gasteiger partial charge on any atom is -0.345 e. The smallest absolute Gasteiger partial charge is 0.253 e. The van der Waals surface area contributed by atoms with Crippen LogP contribution >= 0.6 is 0 Å². The fraction of sp³-hybridized carbons (Fsp3) is 0.500. The highest BCUT2D eigenvalue weighted by atomic mass is 32.2. The zero-order chi connectivity index (χ0) is 18.5. The molecule has 0 saturated heterocycles. The summed E-state index contributed by atoms with van der Waals surface area (Å²) in [6, 6.07) is 6.18. The molecule has 0 aliphatic heterocycles.